The predicted molar refractivity (Wildman–Crippen MR) is 104 cm³/mol. The number of hydrogen-bond donors (Lipinski definition) is 1. The lowest BCUT2D eigenvalue weighted by Crippen LogP contribution is -2.27. The molecule has 0 saturated carbocycles. The summed E-state index contributed by atoms with van der Waals surface area (Å²) in [6.07, 6.45) is 0. The van der Waals surface area contributed by atoms with Crippen molar-refractivity contribution < 1.29 is 0 Å². The molecule has 2 N–H and O–H groups in total. The Morgan fingerprint density at radius 1 is 1.08 bits per heavy atom. The van der Waals surface area contributed by atoms with E-state index in [4.69, 9.17) is 5.73 Å². The van der Waals surface area contributed by atoms with E-state index in [-0.39, 0.29) is 11.1 Å². The van der Waals surface area contributed by atoms with Gasteiger partial charge in [0.25, 0.3) is 0 Å². The summed E-state index contributed by atoms with van der Waals surface area (Å²) in [5.41, 5.74) is 10.8. The summed E-state index contributed by atoms with van der Waals surface area (Å²) in [5, 5.41) is 0. The van der Waals surface area contributed by atoms with Crippen LogP contribution in [0.15, 0.2) is 45.7 Å². The topological polar surface area (TPSA) is 53.0 Å². The van der Waals surface area contributed by atoms with Crippen LogP contribution in [0.1, 0.15) is 20.8 Å². The number of halogens is 1. The zero-order chi connectivity index (χ0) is 17.6. The maximum absolute atomic E-state index is 12.6. The molecular weight excluding hydrogens is 366 g/mol. The van der Waals surface area contributed by atoms with Crippen LogP contribution in [-0.4, -0.2) is 9.13 Å². The molecule has 0 bridgehead atoms. The van der Waals surface area contributed by atoms with Crippen LogP contribution < -0.4 is 11.4 Å². The summed E-state index contributed by atoms with van der Waals surface area (Å²) in [6, 6.07) is 11.9. The van der Waals surface area contributed by atoms with Gasteiger partial charge in [0, 0.05) is 29.3 Å². The van der Waals surface area contributed by atoms with Crippen molar-refractivity contribution in [1.82, 2.24) is 9.13 Å². The van der Waals surface area contributed by atoms with Gasteiger partial charge in [-0.15, -0.1) is 0 Å². The zero-order valence-corrected chi connectivity index (χ0v) is 16.0. The molecule has 0 amide bonds. The largest absolute Gasteiger partial charge is 0.398 e. The third-order valence-electron chi connectivity index (χ3n) is 4.10. The van der Waals surface area contributed by atoms with E-state index < -0.39 is 0 Å². The second-order valence-corrected chi connectivity index (χ2v) is 8.34. The molecule has 24 heavy (non-hydrogen) atoms. The van der Waals surface area contributed by atoms with Gasteiger partial charge in [-0.05, 0) is 35.2 Å². The van der Waals surface area contributed by atoms with Gasteiger partial charge in [-0.1, -0.05) is 48.8 Å². The van der Waals surface area contributed by atoms with E-state index >= 15 is 0 Å². The highest BCUT2D eigenvalue weighted by Crippen LogP contribution is 2.31. The van der Waals surface area contributed by atoms with E-state index in [2.05, 4.69) is 36.7 Å². The average molecular weight is 388 g/mol. The number of anilines is 1. The number of hydrogen-bond acceptors (Lipinski definition) is 2. The highest BCUT2D eigenvalue weighted by molar-refractivity contribution is 9.10. The lowest BCUT2D eigenvalue weighted by atomic mass is 9.97. The minimum Gasteiger partial charge on any atom is -0.398 e. The van der Waals surface area contributed by atoms with Gasteiger partial charge in [-0.2, -0.15) is 0 Å². The maximum Gasteiger partial charge on any atom is 0.328 e. The van der Waals surface area contributed by atoms with Crippen molar-refractivity contribution in [3.05, 3.63) is 51.4 Å². The summed E-state index contributed by atoms with van der Waals surface area (Å²) in [7, 11) is 1.82. The number of nitrogens with two attached hydrogens (primary N) is 1. The third-order valence-corrected chi connectivity index (χ3v) is 4.60. The minimum atomic E-state index is 0.0147. The Balaban J connectivity index is 2.19. The molecule has 1 heterocycles. The van der Waals surface area contributed by atoms with Crippen LogP contribution in [0.5, 0.6) is 0 Å². The Morgan fingerprint density at radius 3 is 2.42 bits per heavy atom. The fourth-order valence-electron chi connectivity index (χ4n) is 3.00. The molecule has 2 aromatic carbocycles. The van der Waals surface area contributed by atoms with Crippen molar-refractivity contribution in [2.24, 2.45) is 12.5 Å². The third kappa shape index (κ3) is 3.00. The molecule has 3 rings (SSSR count). The number of imidazole rings is 1. The summed E-state index contributed by atoms with van der Waals surface area (Å²) in [5.74, 6) is 0. The molecule has 1 aromatic heterocycles. The number of aromatic nitrogens is 2. The SMILES string of the molecule is Cn1c(=O)n(CC(C)(C)C)c2ccc(-c3ccc(Br)cc3N)cc21. The summed E-state index contributed by atoms with van der Waals surface area (Å²) < 4.78 is 4.51. The lowest BCUT2D eigenvalue weighted by Gasteiger charge is -2.18. The number of rotatable bonds is 2. The molecule has 0 aliphatic rings. The van der Waals surface area contributed by atoms with E-state index in [0.29, 0.717) is 12.2 Å². The molecule has 0 unspecified atom stereocenters. The Labute approximate surface area is 150 Å². The summed E-state index contributed by atoms with van der Waals surface area (Å²) in [6.45, 7) is 7.09. The molecule has 0 aliphatic heterocycles. The zero-order valence-electron chi connectivity index (χ0n) is 14.4. The first-order chi connectivity index (χ1) is 11.2. The van der Waals surface area contributed by atoms with Gasteiger partial charge in [0.1, 0.15) is 0 Å². The van der Waals surface area contributed by atoms with Crippen LogP contribution in [0.3, 0.4) is 0 Å². The van der Waals surface area contributed by atoms with Crippen LogP contribution in [0.4, 0.5) is 5.69 Å². The van der Waals surface area contributed by atoms with E-state index in [1.807, 2.05) is 48.0 Å². The van der Waals surface area contributed by atoms with E-state index in [9.17, 15) is 4.79 Å². The molecule has 0 atom stereocenters. The fraction of sp³-hybridized carbons (Fsp3) is 0.316. The Kier molecular flexibility index (Phi) is 4.08. The molecule has 0 saturated heterocycles. The summed E-state index contributed by atoms with van der Waals surface area (Å²) in [4.78, 5) is 12.6. The Hall–Kier alpha value is -2.01. The molecule has 126 valence electrons. The van der Waals surface area contributed by atoms with Crippen molar-refractivity contribution in [2.45, 2.75) is 27.3 Å². The molecule has 0 fully saturated rings. The predicted octanol–water partition coefficient (Wildman–Crippen LogP) is 4.40. The lowest BCUT2D eigenvalue weighted by molar-refractivity contribution is 0.342. The van der Waals surface area contributed by atoms with Crippen molar-refractivity contribution in [3.8, 4) is 11.1 Å². The highest BCUT2D eigenvalue weighted by atomic mass is 79.9. The van der Waals surface area contributed by atoms with E-state index in [1.165, 1.54) is 0 Å². The van der Waals surface area contributed by atoms with Crippen molar-refractivity contribution >= 4 is 32.7 Å². The van der Waals surface area contributed by atoms with Gasteiger partial charge in [-0.25, -0.2) is 4.79 Å². The quantitative estimate of drug-likeness (QED) is 0.662. The molecule has 4 nitrogen and oxygen atoms in total. The molecule has 0 aliphatic carbocycles. The van der Waals surface area contributed by atoms with Crippen LogP contribution in [0, 0.1) is 5.41 Å². The Morgan fingerprint density at radius 2 is 1.79 bits per heavy atom. The average Bonchev–Trinajstić information content (AvgIpc) is 2.71. The Bertz CT molecular complexity index is 977. The smallest absolute Gasteiger partial charge is 0.328 e. The fourth-order valence-corrected chi connectivity index (χ4v) is 3.38. The molecular formula is C19H22BrN3O. The number of nitrogen functional groups attached to an aromatic ring is 1. The van der Waals surface area contributed by atoms with Gasteiger partial charge >= 0.3 is 5.69 Å². The normalized spacial score (nSPS) is 12.0. The monoisotopic (exact) mass is 387 g/mol. The standard InChI is InChI=1S/C19H22BrN3O/c1-19(2,3)11-23-16-8-5-12(9-17(16)22(4)18(23)24)14-7-6-13(20)10-15(14)21/h5-10H,11,21H2,1-4H3. The van der Waals surface area contributed by atoms with Gasteiger partial charge in [-0.3, -0.25) is 9.13 Å². The van der Waals surface area contributed by atoms with Crippen LogP contribution in [0.2, 0.25) is 0 Å². The number of nitrogens with zero attached hydrogens (tertiary/aromatic N) is 2. The van der Waals surface area contributed by atoms with Crippen LogP contribution >= 0.6 is 15.9 Å². The molecule has 5 heteroatoms. The molecule has 3 aromatic rings. The second kappa shape index (κ2) is 5.81. The molecule has 0 spiro atoms. The van der Waals surface area contributed by atoms with Crippen molar-refractivity contribution in [3.63, 3.8) is 0 Å². The van der Waals surface area contributed by atoms with Gasteiger partial charge in [0.2, 0.25) is 0 Å². The second-order valence-electron chi connectivity index (χ2n) is 7.42. The van der Waals surface area contributed by atoms with Crippen molar-refractivity contribution in [1.29, 1.82) is 0 Å². The summed E-state index contributed by atoms with van der Waals surface area (Å²) >= 11 is 3.43. The number of benzene rings is 2. The van der Waals surface area contributed by atoms with Crippen molar-refractivity contribution in [2.75, 3.05) is 5.73 Å². The van der Waals surface area contributed by atoms with Gasteiger partial charge < -0.3 is 5.73 Å². The van der Waals surface area contributed by atoms with Crippen LogP contribution in [-0.2, 0) is 13.6 Å². The van der Waals surface area contributed by atoms with Crippen LogP contribution in [0.25, 0.3) is 22.2 Å². The molecule has 0 radical (unpaired) electrons. The number of aryl methyl sites for hydroxylation is 1. The first kappa shape index (κ1) is 16.8. The van der Waals surface area contributed by atoms with Gasteiger partial charge in [0.15, 0.2) is 0 Å². The van der Waals surface area contributed by atoms with Gasteiger partial charge in [0.05, 0.1) is 11.0 Å². The van der Waals surface area contributed by atoms with E-state index in [0.717, 1.165) is 26.6 Å². The first-order valence-corrected chi connectivity index (χ1v) is 8.71. The minimum absolute atomic E-state index is 0.0147. The maximum atomic E-state index is 12.6. The first-order valence-electron chi connectivity index (χ1n) is 7.92. The highest BCUT2D eigenvalue weighted by Gasteiger charge is 2.18. The number of fused-ring (bicyclic) bond motifs is 1. The van der Waals surface area contributed by atoms with E-state index in [1.54, 1.807) is 4.57 Å².